The lowest BCUT2D eigenvalue weighted by molar-refractivity contribution is 0.0697. The second-order valence-corrected chi connectivity index (χ2v) is 5.19. The maximum absolute atomic E-state index is 12.7. The zero-order valence-corrected chi connectivity index (χ0v) is 10.8. The lowest BCUT2D eigenvalue weighted by Gasteiger charge is -2.06. The van der Waals surface area contributed by atoms with Crippen molar-refractivity contribution in [1.29, 1.82) is 0 Å². The van der Waals surface area contributed by atoms with Crippen LogP contribution in [0.5, 0.6) is 11.5 Å². The van der Waals surface area contributed by atoms with E-state index in [-0.39, 0.29) is 5.56 Å². The molecule has 0 spiro atoms. The van der Waals surface area contributed by atoms with Crippen LogP contribution in [0.1, 0.15) is 10.4 Å². The smallest absolute Gasteiger partial charge is 0.335 e. The molecule has 0 aliphatic rings. The van der Waals surface area contributed by atoms with E-state index < -0.39 is 21.1 Å². The van der Waals surface area contributed by atoms with Crippen molar-refractivity contribution in [2.45, 2.75) is 4.90 Å². The molecule has 0 amide bonds. The first kappa shape index (κ1) is 14.0. The van der Waals surface area contributed by atoms with Crippen molar-refractivity contribution < 1.29 is 26.9 Å². The summed E-state index contributed by atoms with van der Waals surface area (Å²) in [5.74, 6) is -0.361. The monoisotopic (exact) mass is 296 g/mol. The van der Waals surface area contributed by atoms with E-state index >= 15 is 0 Å². The van der Waals surface area contributed by atoms with Crippen molar-refractivity contribution in [3.63, 3.8) is 0 Å². The van der Waals surface area contributed by atoms with Gasteiger partial charge in [0, 0.05) is 0 Å². The number of hydrogen-bond donors (Lipinski definition) is 1. The molecule has 0 saturated carbocycles. The van der Waals surface area contributed by atoms with Gasteiger partial charge in [-0.05, 0) is 48.5 Å². The van der Waals surface area contributed by atoms with E-state index in [4.69, 9.17) is 9.84 Å². The lowest BCUT2D eigenvalue weighted by atomic mass is 10.2. The molecular formula is C13H9FO5S. The summed E-state index contributed by atoms with van der Waals surface area (Å²) in [6.45, 7) is 0. The third-order valence-corrected chi connectivity index (χ3v) is 3.28. The van der Waals surface area contributed by atoms with Gasteiger partial charge in [0.05, 0.1) is 10.5 Å². The number of rotatable bonds is 4. The second kappa shape index (κ2) is 5.30. The predicted octanol–water partition coefficient (Wildman–Crippen LogP) is 2.84. The van der Waals surface area contributed by atoms with Gasteiger partial charge in [0.15, 0.2) is 0 Å². The third-order valence-electron chi connectivity index (χ3n) is 2.44. The van der Waals surface area contributed by atoms with Gasteiger partial charge in [-0.3, -0.25) is 0 Å². The quantitative estimate of drug-likeness (QED) is 0.877. The Morgan fingerprint density at radius 3 is 1.80 bits per heavy atom. The Kier molecular flexibility index (Phi) is 3.71. The van der Waals surface area contributed by atoms with Gasteiger partial charge in [0.2, 0.25) is 0 Å². The maximum atomic E-state index is 12.7. The van der Waals surface area contributed by atoms with E-state index in [1.54, 1.807) is 0 Å². The Morgan fingerprint density at radius 2 is 1.40 bits per heavy atom. The molecule has 5 nitrogen and oxygen atoms in total. The van der Waals surface area contributed by atoms with Gasteiger partial charge < -0.3 is 9.84 Å². The lowest BCUT2D eigenvalue weighted by Crippen LogP contribution is -1.95. The van der Waals surface area contributed by atoms with Crippen molar-refractivity contribution in [2.75, 3.05) is 0 Å². The molecule has 0 aliphatic heterocycles. The number of benzene rings is 2. The van der Waals surface area contributed by atoms with Gasteiger partial charge in [-0.2, -0.15) is 8.42 Å². The fraction of sp³-hybridized carbons (Fsp3) is 0. The van der Waals surface area contributed by atoms with Crippen LogP contribution in [0.4, 0.5) is 3.89 Å². The molecule has 1 N–H and O–H groups in total. The van der Waals surface area contributed by atoms with Gasteiger partial charge in [-0.1, -0.05) is 0 Å². The van der Waals surface area contributed by atoms with E-state index in [0.717, 1.165) is 12.1 Å². The third kappa shape index (κ3) is 3.33. The molecular weight excluding hydrogens is 287 g/mol. The minimum Gasteiger partial charge on any atom is -0.478 e. The summed E-state index contributed by atoms with van der Waals surface area (Å²) in [4.78, 5) is 10.2. The minimum absolute atomic E-state index is 0.122. The normalized spacial score (nSPS) is 11.1. The Hall–Kier alpha value is -2.41. The van der Waals surface area contributed by atoms with E-state index in [2.05, 4.69) is 0 Å². The first-order chi connectivity index (χ1) is 9.36. The SMILES string of the molecule is O=C(O)c1ccc(Oc2ccc(S(=O)(=O)F)cc2)cc1. The van der Waals surface area contributed by atoms with E-state index in [9.17, 15) is 17.1 Å². The highest BCUT2D eigenvalue weighted by Crippen LogP contribution is 2.23. The fourth-order valence-electron chi connectivity index (χ4n) is 1.47. The number of ether oxygens (including phenoxy) is 1. The average Bonchev–Trinajstić information content (AvgIpc) is 2.39. The van der Waals surface area contributed by atoms with Crippen molar-refractivity contribution in [3.05, 3.63) is 54.1 Å². The molecule has 0 radical (unpaired) electrons. The number of carboxylic acid groups (broad SMARTS) is 1. The highest BCUT2D eigenvalue weighted by molar-refractivity contribution is 7.86. The summed E-state index contributed by atoms with van der Waals surface area (Å²) < 4.78 is 39.3. The second-order valence-electron chi connectivity index (χ2n) is 3.84. The molecule has 104 valence electrons. The van der Waals surface area contributed by atoms with Gasteiger partial charge in [0.1, 0.15) is 11.5 Å². The first-order valence-electron chi connectivity index (χ1n) is 5.42. The highest BCUT2D eigenvalue weighted by atomic mass is 32.3. The molecule has 2 aromatic rings. The van der Waals surface area contributed by atoms with Crippen molar-refractivity contribution in [2.24, 2.45) is 0 Å². The van der Waals surface area contributed by atoms with Gasteiger partial charge in [0.25, 0.3) is 0 Å². The van der Waals surface area contributed by atoms with E-state index in [1.165, 1.54) is 36.4 Å². The summed E-state index contributed by atoms with van der Waals surface area (Å²) in [7, 11) is -4.73. The topological polar surface area (TPSA) is 80.7 Å². The molecule has 2 rings (SSSR count). The summed E-state index contributed by atoms with van der Waals surface area (Å²) in [5.41, 5.74) is 0.122. The molecule has 0 fully saturated rings. The molecule has 7 heteroatoms. The highest BCUT2D eigenvalue weighted by Gasteiger charge is 2.11. The molecule has 0 atom stereocenters. The standard InChI is InChI=1S/C13H9FO5S/c14-20(17,18)12-7-5-11(6-8-12)19-10-3-1-9(2-4-10)13(15)16/h1-8H,(H,15,16). The van der Waals surface area contributed by atoms with Crippen molar-refractivity contribution in [3.8, 4) is 11.5 Å². The summed E-state index contributed by atoms with van der Waals surface area (Å²) in [5, 5.41) is 8.74. The Labute approximate surface area is 114 Å². The van der Waals surface area contributed by atoms with Crippen LogP contribution in [-0.2, 0) is 10.2 Å². The van der Waals surface area contributed by atoms with Crippen LogP contribution in [0.15, 0.2) is 53.4 Å². The fourth-order valence-corrected chi connectivity index (χ4v) is 1.93. The molecule has 0 heterocycles. The van der Waals surface area contributed by atoms with E-state index in [0.29, 0.717) is 11.5 Å². The number of halogens is 1. The van der Waals surface area contributed by atoms with Crippen molar-refractivity contribution >= 4 is 16.2 Å². The van der Waals surface area contributed by atoms with E-state index in [1.807, 2.05) is 0 Å². The summed E-state index contributed by atoms with van der Waals surface area (Å²) in [6.07, 6.45) is 0. The Balaban J connectivity index is 2.16. The molecule has 20 heavy (non-hydrogen) atoms. The molecule has 2 aromatic carbocycles. The van der Waals surface area contributed by atoms with Crippen LogP contribution in [0, 0.1) is 0 Å². The van der Waals surface area contributed by atoms with Crippen LogP contribution < -0.4 is 4.74 Å². The molecule has 0 saturated heterocycles. The van der Waals surface area contributed by atoms with Crippen LogP contribution in [0.3, 0.4) is 0 Å². The Morgan fingerprint density at radius 1 is 0.950 bits per heavy atom. The zero-order chi connectivity index (χ0) is 14.8. The zero-order valence-electron chi connectivity index (χ0n) is 9.99. The summed E-state index contributed by atoms with van der Waals surface area (Å²) in [6, 6.07) is 10.4. The van der Waals surface area contributed by atoms with Gasteiger partial charge in [-0.25, -0.2) is 4.79 Å². The Bertz CT molecular complexity index is 720. The van der Waals surface area contributed by atoms with Crippen LogP contribution in [-0.4, -0.2) is 19.5 Å². The van der Waals surface area contributed by atoms with Crippen molar-refractivity contribution in [1.82, 2.24) is 0 Å². The number of carboxylic acids is 1. The average molecular weight is 296 g/mol. The number of carbonyl (C=O) groups is 1. The van der Waals surface area contributed by atoms with Crippen LogP contribution in [0.2, 0.25) is 0 Å². The van der Waals surface area contributed by atoms with Crippen LogP contribution in [0.25, 0.3) is 0 Å². The molecule has 0 aromatic heterocycles. The molecule has 0 bridgehead atoms. The predicted molar refractivity (Wildman–Crippen MR) is 68.2 cm³/mol. The van der Waals surface area contributed by atoms with Gasteiger partial charge >= 0.3 is 16.2 Å². The largest absolute Gasteiger partial charge is 0.478 e. The van der Waals surface area contributed by atoms with Crippen LogP contribution >= 0.6 is 0 Å². The molecule has 0 aliphatic carbocycles. The number of hydrogen-bond acceptors (Lipinski definition) is 4. The minimum atomic E-state index is -4.73. The first-order valence-corrected chi connectivity index (χ1v) is 6.80. The maximum Gasteiger partial charge on any atom is 0.335 e. The number of aromatic carboxylic acids is 1. The summed E-state index contributed by atoms with van der Waals surface area (Å²) >= 11 is 0. The van der Waals surface area contributed by atoms with Gasteiger partial charge in [-0.15, -0.1) is 3.89 Å². The molecule has 0 unspecified atom stereocenters.